The largest absolute Gasteiger partial charge is 0.494 e. The number of anilines is 3. The summed E-state index contributed by atoms with van der Waals surface area (Å²) in [5.41, 5.74) is 3.55. The number of aliphatic hydroxyl groups is 1. The minimum atomic E-state index is -4.66. The van der Waals surface area contributed by atoms with Gasteiger partial charge in [0.2, 0.25) is 29.6 Å². The third-order valence-corrected chi connectivity index (χ3v) is 13.8. The summed E-state index contributed by atoms with van der Waals surface area (Å²) in [6.07, 6.45) is 0.826. The number of hydrogen-bond donors (Lipinski definition) is 5. The Morgan fingerprint density at radius 2 is 1.56 bits per heavy atom. The first-order chi connectivity index (χ1) is 35.9. The fraction of sp³-hybridized carbons (Fsp3) is 0.566. The number of nitrogens with one attached hydrogen (secondary N) is 4. The Kier molecular flexibility index (Phi) is 22.0. The van der Waals surface area contributed by atoms with Crippen molar-refractivity contribution in [2.75, 3.05) is 83.6 Å². The number of unbranched alkanes of at least 4 members (excludes halogenated alkanes) is 1. The van der Waals surface area contributed by atoms with Crippen LogP contribution in [0.2, 0.25) is 0 Å². The van der Waals surface area contributed by atoms with Crippen LogP contribution >= 0.6 is 11.3 Å². The molecule has 0 bridgehead atoms. The maximum absolute atomic E-state index is 13.9. The van der Waals surface area contributed by atoms with Crippen molar-refractivity contribution in [2.45, 2.75) is 110 Å². The Morgan fingerprint density at radius 1 is 0.893 bits per heavy atom. The number of hydrogen-bond acceptors (Lipinski definition) is 15. The van der Waals surface area contributed by atoms with Crippen molar-refractivity contribution in [1.82, 2.24) is 35.4 Å². The third-order valence-electron chi connectivity index (χ3n) is 12.8. The number of halogens is 3. The Hall–Kier alpha value is -5.94. The van der Waals surface area contributed by atoms with Gasteiger partial charge in [0.15, 0.2) is 0 Å². The number of ether oxygens (including phenoxy) is 4. The number of benzene rings is 2. The lowest BCUT2D eigenvalue weighted by atomic mass is 9.84. The SMILES string of the molecule is Cc1ncsc1-c1ccc(CNC(=O)[C@@H]2C[C@@H](O)CN2C(=O)[C@@H](NC(=O)COCCCOCCCCOCCCOc2ccc(Nc3ncc(C(F)(F)F)c(NCCN(C)C(=O)C4CCC4)n3)cc2)C(C)(C)C)cc1. The molecular weight excluding hydrogens is 996 g/mol. The van der Waals surface area contributed by atoms with Gasteiger partial charge in [0.25, 0.3) is 0 Å². The van der Waals surface area contributed by atoms with Crippen LogP contribution in [0, 0.1) is 18.3 Å². The lowest BCUT2D eigenvalue weighted by Crippen LogP contribution is -2.58. The molecule has 2 aliphatic rings. The molecule has 6 rings (SSSR count). The molecule has 4 amide bonds. The maximum atomic E-state index is 13.9. The number of carbonyl (C=O) groups is 4. The van der Waals surface area contributed by atoms with Crippen LogP contribution in [0.5, 0.6) is 5.75 Å². The molecule has 18 nitrogen and oxygen atoms in total. The number of likely N-dealkylation sites (N-methyl/N-ethyl adjacent to an activating group) is 1. The third kappa shape index (κ3) is 18.1. The van der Waals surface area contributed by atoms with Crippen molar-refractivity contribution in [3.8, 4) is 16.2 Å². The number of amides is 4. The quantitative estimate of drug-likeness (QED) is 0.0342. The highest BCUT2D eigenvalue weighted by molar-refractivity contribution is 7.13. The van der Waals surface area contributed by atoms with E-state index in [0.717, 1.165) is 60.0 Å². The Morgan fingerprint density at radius 3 is 2.19 bits per heavy atom. The predicted molar refractivity (Wildman–Crippen MR) is 278 cm³/mol. The van der Waals surface area contributed by atoms with E-state index in [4.69, 9.17) is 18.9 Å². The summed E-state index contributed by atoms with van der Waals surface area (Å²) in [6, 6.07) is 12.9. The van der Waals surface area contributed by atoms with E-state index in [1.807, 2.05) is 52.0 Å². The van der Waals surface area contributed by atoms with Crippen LogP contribution in [0.25, 0.3) is 10.4 Å². The van der Waals surface area contributed by atoms with Gasteiger partial charge in [-0.05, 0) is 79.8 Å². The van der Waals surface area contributed by atoms with E-state index in [1.165, 1.54) is 9.80 Å². The minimum absolute atomic E-state index is 0.000397. The van der Waals surface area contributed by atoms with Crippen molar-refractivity contribution in [3.05, 3.63) is 77.1 Å². The average molecular weight is 1070 g/mol. The molecular formula is C53H72F3N9O9S. The zero-order valence-corrected chi connectivity index (χ0v) is 44.3. The number of thiazole rings is 1. The van der Waals surface area contributed by atoms with Gasteiger partial charge in [0.1, 0.15) is 35.8 Å². The van der Waals surface area contributed by atoms with Gasteiger partial charge in [-0.3, -0.25) is 19.2 Å². The summed E-state index contributed by atoms with van der Waals surface area (Å²) in [5.74, 6) is -1.07. The first-order valence-electron chi connectivity index (χ1n) is 25.6. The van der Waals surface area contributed by atoms with Crippen LogP contribution in [0.4, 0.5) is 30.6 Å². The average Bonchev–Trinajstić information content (AvgIpc) is 3.97. The standard InChI is InChI=1S/C53H72F3N9O9S/c1-35-45(75-34-60-35)37-15-13-36(14-16-37)30-58-48(68)43-29-40(66)32-65(43)50(70)46(52(2,3)4)62-44(67)33-73-27-9-25-71-23-6-7-24-72-26-10-28-74-41-19-17-39(18-20-41)61-51-59-31-42(53(54,55)56)47(63-51)57-21-22-64(5)49(69)38-11-8-12-38/h13-20,31,34,38,40,43,46,66H,6-12,21-30,32-33H2,1-5H3,(H,58,68)(H,62,67)(H2,57,59,61,63)/t40-,43+,46-/m1/s1. The van der Waals surface area contributed by atoms with E-state index in [0.29, 0.717) is 57.3 Å². The molecule has 1 aliphatic carbocycles. The molecule has 1 saturated carbocycles. The zero-order chi connectivity index (χ0) is 54.0. The normalized spacial score (nSPS) is 16.3. The molecule has 4 aromatic rings. The summed E-state index contributed by atoms with van der Waals surface area (Å²) in [7, 11) is 1.65. The maximum Gasteiger partial charge on any atom is 0.421 e. The lowest BCUT2D eigenvalue weighted by Gasteiger charge is -2.35. The van der Waals surface area contributed by atoms with Crippen molar-refractivity contribution in [1.29, 1.82) is 0 Å². The summed E-state index contributed by atoms with van der Waals surface area (Å²) < 4.78 is 64.0. The number of aromatic nitrogens is 3. The first kappa shape index (κ1) is 58.3. The van der Waals surface area contributed by atoms with Gasteiger partial charge < -0.3 is 55.1 Å². The predicted octanol–water partition coefficient (Wildman–Crippen LogP) is 7.14. The molecule has 2 fully saturated rings. The molecule has 5 N–H and O–H groups in total. The number of aliphatic hydroxyl groups excluding tert-OH is 1. The van der Waals surface area contributed by atoms with E-state index in [9.17, 15) is 37.5 Å². The molecule has 0 spiro atoms. The second-order valence-corrected chi connectivity index (χ2v) is 20.8. The van der Waals surface area contributed by atoms with Gasteiger partial charge in [-0.1, -0.05) is 51.5 Å². The summed E-state index contributed by atoms with van der Waals surface area (Å²) >= 11 is 1.57. The van der Waals surface area contributed by atoms with Crippen LogP contribution in [0.15, 0.2) is 60.2 Å². The van der Waals surface area contributed by atoms with Gasteiger partial charge in [0.05, 0.1) is 28.8 Å². The van der Waals surface area contributed by atoms with Crippen molar-refractivity contribution < 1.29 is 56.4 Å². The number of β-amino-alcohol motifs (C(OH)–C–C–N with tert-alkyl or cyclic N) is 1. The Balaban J connectivity index is 0.782. The Bertz CT molecular complexity index is 2450. The molecule has 3 heterocycles. The van der Waals surface area contributed by atoms with Crippen LogP contribution in [-0.4, -0.2) is 145 Å². The monoisotopic (exact) mass is 1070 g/mol. The molecule has 410 valence electrons. The summed E-state index contributed by atoms with van der Waals surface area (Å²) in [4.78, 5) is 69.0. The molecule has 1 aliphatic heterocycles. The van der Waals surface area contributed by atoms with E-state index in [2.05, 4.69) is 36.2 Å². The molecule has 75 heavy (non-hydrogen) atoms. The first-order valence-corrected chi connectivity index (χ1v) is 26.5. The van der Waals surface area contributed by atoms with Crippen molar-refractivity contribution in [2.24, 2.45) is 11.3 Å². The Labute approximate surface area is 440 Å². The highest BCUT2D eigenvalue weighted by Crippen LogP contribution is 2.35. The number of likely N-dealkylation sites (tertiary alicyclic amines) is 1. The number of nitrogens with zero attached hydrogens (tertiary/aromatic N) is 5. The topological polar surface area (TPSA) is 219 Å². The van der Waals surface area contributed by atoms with Gasteiger partial charge >= 0.3 is 6.18 Å². The molecule has 2 aromatic heterocycles. The summed E-state index contributed by atoms with van der Waals surface area (Å²) in [6.45, 7) is 10.5. The smallest absolute Gasteiger partial charge is 0.421 e. The fourth-order valence-electron chi connectivity index (χ4n) is 8.34. The van der Waals surface area contributed by atoms with Gasteiger partial charge in [-0.15, -0.1) is 11.3 Å². The number of rotatable bonds is 29. The van der Waals surface area contributed by atoms with Crippen LogP contribution in [0.3, 0.4) is 0 Å². The molecule has 3 atom stereocenters. The highest BCUT2D eigenvalue weighted by atomic mass is 32.1. The van der Waals surface area contributed by atoms with Crippen molar-refractivity contribution in [3.63, 3.8) is 0 Å². The van der Waals surface area contributed by atoms with Gasteiger partial charge in [0, 0.05) is 96.9 Å². The van der Waals surface area contributed by atoms with E-state index in [1.54, 1.807) is 48.2 Å². The van der Waals surface area contributed by atoms with E-state index in [-0.39, 0.29) is 75.3 Å². The minimum Gasteiger partial charge on any atom is -0.494 e. The summed E-state index contributed by atoms with van der Waals surface area (Å²) in [5, 5.41) is 21.9. The van der Waals surface area contributed by atoms with E-state index >= 15 is 0 Å². The van der Waals surface area contributed by atoms with Crippen molar-refractivity contribution >= 4 is 52.4 Å². The molecule has 2 aromatic carbocycles. The van der Waals surface area contributed by atoms with Gasteiger partial charge in [-0.2, -0.15) is 18.2 Å². The number of alkyl halides is 3. The van der Waals surface area contributed by atoms with E-state index < -0.39 is 47.2 Å². The lowest BCUT2D eigenvalue weighted by molar-refractivity contribution is -0.144. The molecule has 1 saturated heterocycles. The molecule has 0 radical (unpaired) electrons. The second kappa shape index (κ2) is 28.3. The van der Waals surface area contributed by atoms with Crippen LogP contribution in [0.1, 0.15) is 89.0 Å². The fourth-order valence-corrected chi connectivity index (χ4v) is 9.15. The van der Waals surface area contributed by atoms with Crippen LogP contribution < -0.4 is 26.0 Å². The molecule has 22 heteroatoms. The zero-order valence-electron chi connectivity index (χ0n) is 43.5. The van der Waals surface area contributed by atoms with Gasteiger partial charge in [-0.25, -0.2) is 9.97 Å². The number of carbonyl (C=O) groups excluding carboxylic acids is 4. The highest BCUT2D eigenvalue weighted by Gasteiger charge is 2.44. The van der Waals surface area contributed by atoms with Crippen LogP contribution in [-0.2, 0) is 46.1 Å². The second-order valence-electron chi connectivity index (χ2n) is 19.9. The number of aryl methyl sites for hydroxylation is 1. The molecule has 0 unspecified atom stereocenters.